The van der Waals surface area contributed by atoms with Gasteiger partial charge in [-0.05, 0) is 24.6 Å². The SMILES string of the molecule is Cc1ccc(N)c(SCC(=O)NN)c1. The lowest BCUT2D eigenvalue weighted by molar-refractivity contribution is -0.118. The standard InChI is InChI=1S/C9H13N3OS/c1-6-2-3-7(10)8(4-6)14-5-9(13)12-11/h2-4H,5,10-11H2,1H3,(H,12,13). The Kier molecular flexibility index (Phi) is 3.79. The van der Waals surface area contributed by atoms with Gasteiger partial charge in [0.05, 0.1) is 5.75 Å². The van der Waals surface area contributed by atoms with Gasteiger partial charge < -0.3 is 5.73 Å². The number of nitrogen functional groups attached to an aromatic ring is 1. The van der Waals surface area contributed by atoms with E-state index in [2.05, 4.69) is 5.43 Å². The lowest BCUT2D eigenvalue weighted by Crippen LogP contribution is -2.31. The number of hydrogen-bond acceptors (Lipinski definition) is 4. The number of amides is 1. The molecule has 1 amide bonds. The first-order valence-corrected chi connectivity index (χ1v) is 5.10. The van der Waals surface area contributed by atoms with Crippen molar-refractivity contribution in [2.24, 2.45) is 5.84 Å². The van der Waals surface area contributed by atoms with Crippen molar-refractivity contribution in [3.63, 3.8) is 0 Å². The van der Waals surface area contributed by atoms with Gasteiger partial charge in [0.25, 0.3) is 0 Å². The van der Waals surface area contributed by atoms with Crippen LogP contribution in [0.5, 0.6) is 0 Å². The van der Waals surface area contributed by atoms with Gasteiger partial charge in [-0.1, -0.05) is 6.07 Å². The fourth-order valence-corrected chi connectivity index (χ4v) is 1.83. The Morgan fingerprint density at radius 3 is 2.93 bits per heavy atom. The molecule has 0 aliphatic rings. The van der Waals surface area contributed by atoms with Gasteiger partial charge in [-0.15, -0.1) is 11.8 Å². The summed E-state index contributed by atoms with van der Waals surface area (Å²) >= 11 is 1.38. The minimum absolute atomic E-state index is 0.212. The van der Waals surface area contributed by atoms with Crippen LogP contribution in [0.1, 0.15) is 5.56 Å². The van der Waals surface area contributed by atoms with Gasteiger partial charge in [0.1, 0.15) is 0 Å². The van der Waals surface area contributed by atoms with Crippen LogP contribution in [0.3, 0.4) is 0 Å². The summed E-state index contributed by atoms with van der Waals surface area (Å²) in [5.41, 5.74) is 9.61. The number of hydrogen-bond donors (Lipinski definition) is 3. The van der Waals surface area contributed by atoms with Gasteiger partial charge in [-0.25, -0.2) is 5.84 Å². The Morgan fingerprint density at radius 1 is 1.57 bits per heavy atom. The van der Waals surface area contributed by atoms with Crippen LogP contribution in [0.15, 0.2) is 23.1 Å². The highest BCUT2D eigenvalue weighted by molar-refractivity contribution is 8.00. The molecule has 0 saturated carbocycles. The molecule has 0 fully saturated rings. The molecule has 0 saturated heterocycles. The number of benzene rings is 1. The first kappa shape index (κ1) is 10.9. The van der Waals surface area contributed by atoms with E-state index < -0.39 is 0 Å². The van der Waals surface area contributed by atoms with Gasteiger partial charge in [-0.3, -0.25) is 10.2 Å². The third-order valence-corrected chi connectivity index (χ3v) is 2.76. The van der Waals surface area contributed by atoms with Crippen LogP contribution in [0.2, 0.25) is 0 Å². The number of aryl methyl sites for hydroxylation is 1. The molecule has 5 heteroatoms. The molecule has 1 aromatic rings. The molecule has 0 aliphatic heterocycles. The summed E-state index contributed by atoms with van der Waals surface area (Å²) in [6.07, 6.45) is 0. The average Bonchev–Trinajstić information content (AvgIpc) is 2.19. The maximum Gasteiger partial charge on any atom is 0.244 e. The molecule has 0 aromatic heterocycles. The predicted molar refractivity (Wildman–Crippen MR) is 58.6 cm³/mol. The number of anilines is 1. The topological polar surface area (TPSA) is 81.1 Å². The lowest BCUT2D eigenvalue weighted by Gasteiger charge is -2.05. The monoisotopic (exact) mass is 211 g/mol. The maximum absolute atomic E-state index is 10.9. The highest BCUT2D eigenvalue weighted by atomic mass is 32.2. The summed E-state index contributed by atoms with van der Waals surface area (Å²) < 4.78 is 0. The Hall–Kier alpha value is -1.20. The van der Waals surface area contributed by atoms with Crippen molar-refractivity contribution in [3.8, 4) is 0 Å². The Bertz CT molecular complexity index is 341. The van der Waals surface area contributed by atoms with Gasteiger partial charge in [0.2, 0.25) is 5.91 Å². The number of rotatable bonds is 3. The van der Waals surface area contributed by atoms with E-state index in [4.69, 9.17) is 11.6 Å². The number of carbonyl (C=O) groups is 1. The van der Waals surface area contributed by atoms with E-state index in [9.17, 15) is 4.79 Å². The van der Waals surface area contributed by atoms with E-state index >= 15 is 0 Å². The van der Waals surface area contributed by atoms with Gasteiger partial charge in [-0.2, -0.15) is 0 Å². The molecule has 1 aromatic carbocycles. The molecule has 76 valence electrons. The van der Waals surface area contributed by atoms with Crippen molar-refractivity contribution >= 4 is 23.4 Å². The summed E-state index contributed by atoms with van der Waals surface area (Å²) in [6, 6.07) is 5.71. The Morgan fingerprint density at radius 2 is 2.29 bits per heavy atom. The molecule has 0 radical (unpaired) electrons. The molecule has 0 bridgehead atoms. The van der Waals surface area contributed by atoms with Crippen LogP contribution in [-0.2, 0) is 4.79 Å². The highest BCUT2D eigenvalue weighted by Gasteiger charge is 2.03. The normalized spacial score (nSPS) is 9.86. The second-order valence-electron chi connectivity index (χ2n) is 2.90. The summed E-state index contributed by atoms with van der Waals surface area (Å²) in [5, 5.41) is 0. The smallest absolute Gasteiger partial charge is 0.244 e. The van der Waals surface area contributed by atoms with Crippen molar-refractivity contribution in [1.29, 1.82) is 0 Å². The van der Waals surface area contributed by atoms with Crippen LogP contribution in [0.25, 0.3) is 0 Å². The number of nitrogens with two attached hydrogens (primary N) is 2. The minimum atomic E-state index is -0.212. The average molecular weight is 211 g/mol. The van der Waals surface area contributed by atoms with Crippen molar-refractivity contribution in [2.75, 3.05) is 11.5 Å². The number of carbonyl (C=O) groups excluding carboxylic acids is 1. The van der Waals surface area contributed by atoms with Crippen LogP contribution in [0.4, 0.5) is 5.69 Å². The van der Waals surface area contributed by atoms with E-state index in [1.54, 1.807) is 0 Å². The van der Waals surface area contributed by atoms with Crippen molar-refractivity contribution < 1.29 is 4.79 Å². The third-order valence-electron chi connectivity index (χ3n) is 1.69. The molecule has 0 atom stereocenters. The van der Waals surface area contributed by atoms with E-state index in [0.717, 1.165) is 10.5 Å². The van der Waals surface area contributed by atoms with Crippen LogP contribution in [-0.4, -0.2) is 11.7 Å². The zero-order chi connectivity index (χ0) is 10.6. The first-order valence-electron chi connectivity index (χ1n) is 4.12. The molecule has 0 aliphatic carbocycles. The summed E-state index contributed by atoms with van der Waals surface area (Å²) in [7, 11) is 0. The molecule has 1 rings (SSSR count). The predicted octanol–water partition coefficient (Wildman–Crippen LogP) is 0.659. The zero-order valence-electron chi connectivity index (χ0n) is 7.91. The van der Waals surface area contributed by atoms with E-state index in [-0.39, 0.29) is 11.7 Å². The largest absolute Gasteiger partial charge is 0.398 e. The Balaban J connectivity index is 2.66. The molecule has 14 heavy (non-hydrogen) atoms. The number of hydrazine groups is 1. The number of nitrogens with one attached hydrogen (secondary N) is 1. The van der Waals surface area contributed by atoms with E-state index in [1.165, 1.54) is 11.8 Å². The molecule has 0 spiro atoms. The molecular formula is C9H13N3OS. The maximum atomic E-state index is 10.9. The molecule has 4 nitrogen and oxygen atoms in total. The second-order valence-corrected chi connectivity index (χ2v) is 3.91. The highest BCUT2D eigenvalue weighted by Crippen LogP contribution is 2.25. The zero-order valence-corrected chi connectivity index (χ0v) is 8.73. The summed E-state index contributed by atoms with van der Waals surface area (Å²) in [5.74, 6) is 5.03. The van der Waals surface area contributed by atoms with Gasteiger partial charge in [0.15, 0.2) is 0 Å². The summed E-state index contributed by atoms with van der Waals surface area (Å²) in [6.45, 7) is 1.98. The van der Waals surface area contributed by atoms with Crippen molar-refractivity contribution in [2.45, 2.75) is 11.8 Å². The van der Waals surface area contributed by atoms with Crippen LogP contribution < -0.4 is 17.0 Å². The van der Waals surface area contributed by atoms with Crippen molar-refractivity contribution in [3.05, 3.63) is 23.8 Å². The van der Waals surface area contributed by atoms with E-state index in [1.807, 2.05) is 25.1 Å². The lowest BCUT2D eigenvalue weighted by atomic mass is 10.2. The molecule has 5 N–H and O–H groups in total. The first-order chi connectivity index (χ1) is 6.63. The minimum Gasteiger partial charge on any atom is -0.398 e. The fraction of sp³-hybridized carbons (Fsp3) is 0.222. The van der Waals surface area contributed by atoms with E-state index in [0.29, 0.717) is 5.69 Å². The summed E-state index contributed by atoms with van der Waals surface area (Å²) in [4.78, 5) is 11.8. The molecular weight excluding hydrogens is 198 g/mol. The third kappa shape index (κ3) is 2.93. The molecule has 0 heterocycles. The second kappa shape index (κ2) is 4.88. The molecule has 0 unspecified atom stereocenters. The van der Waals surface area contributed by atoms with Crippen LogP contribution in [0, 0.1) is 6.92 Å². The van der Waals surface area contributed by atoms with Gasteiger partial charge >= 0.3 is 0 Å². The number of thioether (sulfide) groups is 1. The fourth-order valence-electron chi connectivity index (χ4n) is 0.952. The van der Waals surface area contributed by atoms with Crippen molar-refractivity contribution in [1.82, 2.24) is 5.43 Å². The van der Waals surface area contributed by atoms with Gasteiger partial charge in [0, 0.05) is 10.6 Å². The quantitative estimate of drug-likeness (QED) is 0.225. The Labute approximate surface area is 87.0 Å². The van der Waals surface area contributed by atoms with Crippen LogP contribution >= 0.6 is 11.8 Å².